The molecule has 0 aliphatic heterocycles. The fourth-order valence-corrected chi connectivity index (χ4v) is 1.92. The number of carbonyl (C=O) groups is 1. The van der Waals surface area contributed by atoms with Crippen molar-refractivity contribution >= 4 is 5.97 Å². The Hall–Kier alpha value is 0.782. The molecule has 2 aromatic carbocycles. The third kappa shape index (κ3) is 13.0. The normalized spacial score (nSPS) is 8.65. The van der Waals surface area contributed by atoms with Crippen LogP contribution in [0.2, 0.25) is 0 Å². The molecule has 0 aromatic heterocycles. The van der Waals surface area contributed by atoms with Crippen LogP contribution in [0.4, 0.5) is 0 Å². The van der Waals surface area contributed by atoms with Crippen molar-refractivity contribution in [1.29, 1.82) is 0 Å². The summed E-state index contributed by atoms with van der Waals surface area (Å²) < 4.78 is 0. The summed E-state index contributed by atoms with van der Waals surface area (Å²) in [5, 5.41) is 33.0. The van der Waals surface area contributed by atoms with Crippen LogP contribution in [-0.4, -0.2) is 33.5 Å². The molecule has 2 aromatic rings. The monoisotopic (exact) mass is 587 g/mol. The molecule has 4 N–H and O–H groups in total. The van der Waals surface area contributed by atoms with E-state index in [2.05, 4.69) is 13.8 Å². The number of carboxylic acids is 1. The second-order valence-electron chi connectivity index (χ2n) is 5.24. The number of aromatic hydroxyl groups is 2. The Labute approximate surface area is 230 Å². The number of hydrogen-bond donors (Lipinski definition) is 4. The Balaban J connectivity index is -0.000000240. The number of carboxylic acid groups (broad SMARTS) is 1. The molecule has 0 fully saturated rings. The Kier molecular flexibility index (Phi) is 23.5. The van der Waals surface area contributed by atoms with Crippen LogP contribution in [-0.2, 0) is 108 Å². The fraction of sp³-hybridized carbons (Fsp3) is 0.278. The quantitative estimate of drug-likeness (QED) is 0.434. The minimum atomic E-state index is -0.833. The summed E-state index contributed by atoms with van der Waals surface area (Å²) >= 11 is 0. The molecule has 5 nitrogen and oxygen atoms in total. The van der Waals surface area contributed by atoms with E-state index in [1.54, 1.807) is 24.3 Å². The van der Waals surface area contributed by atoms with Gasteiger partial charge in [0, 0.05) is 118 Å². The largest absolute Gasteiger partial charge is 0.508 e. The number of rotatable bonds is 2. The van der Waals surface area contributed by atoms with Gasteiger partial charge in [-0.05, 0) is 35.4 Å². The standard InChI is InChI=1S/C15H16O2.C2H4O2.CH4O.3Y/c1-15(2,11-3-7-13(16)8-4-11)12-5-9-14(17)10-6-12;1-2(3)4;1-2;;;/h3-10,16-17H,1-2H3;1H3,(H,3,4);2H,1H3;;;. The van der Waals surface area contributed by atoms with Gasteiger partial charge in [-0.1, -0.05) is 38.1 Å². The van der Waals surface area contributed by atoms with E-state index in [0.29, 0.717) is 0 Å². The Morgan fingerprint density at radius 2 is 0.923 bits per heavy atom. The zero-order valence-corrected chi connectivity index (χ0v) is 24.1. The molecule has 135 valence electrons. The van der Waals surface area contributed by atoms with E-state index in [9.17, 15) is 10.2 Å². The van der Waals surface area contributed by atoms with Crippen LogP contribution in [0.25, 0.3) is 0 Å². The summed E-state index contributed by atoms with van der Waals surface area (Å²) in [6, 6.07) is 14.4. The van der Waals surface area contributed by atoms with Crippen molar-refractivity contribution in [1.82, 2.24) is 0 Å². The molecule has 0 bridgehead atoms. The zero-order valence-electron chi connectivity index (χ0n) is 15.5. The maximum Gasteiger partial charge on any atom is 0.300 e. The van der Waals surface area contributed by atoms with Gasteiger partial charge in [0.05, 0.1) is 0 Å². The first-order valence-electron chi connectivity index (χ1n) is 6.96. The molecule has 0 saturated heterocycles. The van der Waals surface area contributed by atoms with Crippen LogP contribution in [0.1, 0.15) is 31.9 Å². The first-order chi connectivity index (χ1) is 10.7. The predicted molar refractivity (Wildman–Crippen MR) is 89.8 cm³/mol. The molecular formula is C18H24O5Y3. The SMILES string of the molecule is CC(=O)O.CC(C)(c1ccc(O)cc1)c1ccc(O)cc1.CO.[Y].[Y].[Y]. The van der Waals surface area contributed by atoms with Crippen molar-refractivity contribution < 1.29 is 123 Å². The average molecular weight is 587 g/mol. The molecule has 0 saturated carbocycles. The molecule has 0 heterocycles. The van der Waals surface area contributed by atoms with Gasteiger partial charge in [-0.2, -0.15) is 0 Å². The van der Waals surface area contributed by atoms with E-state index in [1.807, 2.05) is 24.3 Å². The summed E-state index contributed by atoms with van der Waals surface area (Å²) in [5.74, 6) is -0.287. The maximum atomic E-state index is 9.30. The van der Waals surface area contributed by atoms with Gasteiger partial charge < -0.3 is 20.4 Å². The maximum absolute atomic E-state index is 9.30. The van der Waals surface area contributed by atoms with Gasteiger partial charge in [0.15, 0.2) is 0 Å². The van der Waals surface area contributed by atoms with Gasteiger partial charge in [-0.3, -0.25) is 4.79 Å². The zero-order chi connectivity index (χ0) is 18.0. The van der Waals surface area contributed by atoms with Crippen LogP contribution in [0, 0.1) is 0 Å². The first-order valence-corrected chi connectivity index (χ1v) is 6.96. The molecule has 0 amide bonds. The molecule has 0 spiro atoms. The number of aliphatic hydroxyl groups excluding tert-OH is 1. The number of aliphatic hydroxyl groups is 1. The third-order valence-electron chi connectivity index (χ3n) is 3.18. The van der Waals surface area contributed by atoms with Gasteiger partial charge in [-0.25, -0.2) is 0 Å². The number of phenolic OH excluding ortho intramolecular Hbond substituents is 2. The molecule has 0 aliphatic rings. The summed E-state index contributed by atoms with van der Waals surface area (Å²) in [5.41, 5.74) is 2.10. The number of benzene rings is 2. The topological polar surface area (TPSA) is 98.0 Å². The second kappa shape index (κ2) is 17.9. The van der Waals surface area contributed by atoms with Crippen molar-refractivity contribution in [3.8, 4) is 11.5 Å². The number of aliphatic carboxylic acids is 1. The van der Waals surface area contributed by atoms with E-state index in [0.717, 1.165) is 25.2 Å². The molecular weight excluding hydrogens is 563 g/mol. The van der Waals surface area contributed by atoms with Crippen molar-refractivity contribution in [2.75, 3.05) is 7.11 Å². The van der Waals surface area contributed by atoms with Crippen LogP contribution >= 0.6 is 0 Å². The molecule has 0 unspecified atom stereocenters. The summed E-state index contributed by atoms with van der Waals surface area (Å²) in [7, 11) is 1.00. The van der Waals surface area contributed by atoms with Crippen molar-refractivity contribution in [3.63, 3.8) is 0 Å². The van der Waals surface area contributed by atoms with Crippen LogP contribution in [0.5, 0.6) is 11.5 Å². The first kappa shape index (κ1) is 34.3. The van der Waals surface area contributed by atoms with Gasteiger partial charge in [0.25, 0.3) is 5.97 Å². The molecule has 3 radical (unpaired) electrons. The van der Waals surface area contributed by atoms with E-state index in [1.165, 1.54) is 0 Å². The third-order valence-corrected chi connectivity index (χ3v) is 3.18. The van der Waals surface area contributed by atoms with E-state index < -0.39 is 5.97 Å². The van der Waals surface area contributed by atoms with Crippen LogP contribution < -0.4 is 0 Å². The summed E-state index contributed by atoms with van der Waals surface area (Å²) in [4.78, 5) is 9.00. The van der Waals surface area contributed by atoms with Crippen LogP contribution in [0.15, 0.2) is 48.5 Å². The Morgan fingerprint density at radius 1 is 0.731 bits per heavy atom. The van der Waals surface area contributed by atoms with Crippen LogP contribution in [0.3, 0.4) is 0 Å². The average Bonchev–Trinajstić information content (AvgIpc) is 2.49. The molecule has 2 rings (SSSR count). The van der Waals surface area contributed by atoms with E-state index in [-0.39, 0.29) is 115 Å². The molecule has 8 heteroatoms. The molecule has 0 aliphatic carbocycles. The van der Waals surface area contributed by atoms with Crippen molar-refractivity contribution in [2.24, 2.45) is 0 Å². The number of hydrogen-bond acceptors (Lipinski definition) is 4. The molecule has 0 atom stereocenters. The van der Waals surface area contributed by atoms with Crippen molar-refractivity contribution in [3.05, 3.63) is 59.7 Å². The molecule has 26 heavy (non-hydrogen) atoms. The van der Waals surface area contributed by atoms with Crippen molar-refractivity contribution in [2.45, 2.75) is 26.2 Å². The van der Waals surface area contributed by atoms with Gasteiger partial charge in [0.2, 0.25) is 0 Å². The fourth-order valence-electron chi connectivity index (χ4n) is 1.92. The number of phenols is 2. The van der Waals surface area contributed by atoms with Gasteiger partial charge in [-0.15, -0.1) is 0 Å². The smallest absolute Gasteiger partial charge is 0.300 e. The summed E-state index contributed by atoms with van der Waals surface area (Å²) in [6.07, 6.45) is 0. The van der Waals surface area contributed by atoms with Gasteiger partial charge >= 0.3 is 0 Å². The Bertz CT molecular complexity index is 548. The summed E-state index contributed by atoms with van der Waals surface area (Å²) in [6.45, 7) is 5.32. The second-order valence-corrected chi connectivity index (χ2v) is 5.24. The Morgan fingerprint density at radius 3 is 1.12 bits per heavy atom. The predicted octanol–water partition coefficient (Wildman–Crippen LogP) is 3.12. The minimum absolute atomic E-state index is 0. The van der Waals surface area contributed by atoms with Gasteiger partial charge in [0.1, 0.15) is 11.5 Å². The van der Waals surface area contributed by atoms with E-state index >= 15 is 0 Å². The minimum Gasteiger partial charge on any atom is -0.508 e. The van der Waals surface area contributed by atoms with E-state index in [4.69, 9.17) is 15.0 Å².